The minimum absolute atomic E-state index is 0.414. The third-order valence-corrected chi connectivity index (χ3v) is 2.76. The predicted molar refractivity (Wildman–Crippen MR) is 74.8 cm³/mol. The van der Waals surface area contributed by atoms with Crippen molar-refractivity contribution in [2.75, 3.05) is 0 Å². The molecule has 1 aromatic rings. The van der Waals surface area contributed by atoms with Gasteiger partial charge in [-0.2, -0.15) is 0 Å². The normalized spacial score (nSPS) is 12.6. The van der Waals surface area contributed by atoms with E-state index in [4.69, 9.17) is 5.11 Å². The Morgan fingerprint density at radius 3 is 2.21 bits per heavy atom. The second-order valence-corrected chi connectivity index (χ2v) is 4.72. The number of carboxylic acids is 1. The van der Waals surface area contributed by atoms with Crippen LogP contribution in [0.3, 0.4) is 0 Å². The molecule has 0 aliphatic heterocycles. The summed E-state index contributed by atoms with van der Waals surface area (Å²) in [6.07, 6.45) is 3.00. The molecule has 0 unspecified atom stereocenters. The highest BCUT2D eigenvalue weighted by Crippen LogP contribution is 2.15. The molecule has 1 amide bonds. The molecule has 1 rings (SSSR count). The molecule has 0 saturated carbocycles. The Morgan fingerprint density at radius 1 is 1.16 bits per heavy atom. The molecule has 0 bridgehead atoms. The molecule has 1 aromatic carbocycles. The molecule has 0 spiro atoms. The van der Waals surface area contributed by atoms with Gasteiger partial charge in [-0.25, -0.2) is 0 Å². The van der Waals surface area contributed by atoms with Crippen LogP contribution in [0.2, 0.25) is 0 Å². The zero-order chi connectivity index (χ0) is 14.4. The second-order valence-electron chi connectivity index (χ2n) is 4.72. The number of amides is 1. The monoisotopic (exact) mass is 261 g/mol. The lowest BCUT2D eigenvalue weighted by Gasteiger charge is -2.06. The summed E-state index contributed by atoms with van der Waals surface area (Å²) in [6, 6.07) is 7.00. The second kappa shape index (κ2) is 6.73. The van der Waals surface area contributed by atoms with E-state index in [1.807, 2.05) is 24.3 Å². The standard InChI is InChI=1S/C15H19NO3/c1-10(2)13-7-4-12(5-8-13)6-9-14(17)16-11(3)15(18)19/h4-11H,1-3H3,(H,16,17)(H,18,19)/t11-/m1/s1. The third kappa shape index (κ3) is 4.95. The zero-order valence-electron chi connectivity index (χ0n) is 11.4. The minimum atomic E-state index is -1.05. The molecule has 102 valence electrons. The van der Waals surface area contributed by atoms with Crippen molar-refractivity contribution in [3.63, 3.8) is 0 Å². The molecule has 19 heavy (non-hydrogen) atoms. The maximum absolute atomic E-state index is 11.4. The van der Waals surface area contributed by atoms with Gasteiger partial charge in [0.15, 0.2) is 0 Å². The summed E-state index contributed by atoms with van der Waals surface area (Å²) in [4.78, 5) is 22.0. The molecule has 0 radical (unpaired) electrons. The number of carbonyl (C=O) groups excluding carboxylic acids is 1. The fourth-order valence-corrected chi connectivity index (χ4v) is 1.49. The Labute approximate surface area is 113 Å². The van der Waals surface area contributed by atoms with E-state index in [-0.39, 0.29) is 0 Å². The highest BCUT2D eigenvalue weighted by Gasteiger charge is 2.11. The number of carboxylic acid groups (broad SMARTS) is 1. The van der Waals surface area contributed by atoms with E-state index in [1.54, 1.807) is 6.08 Å². The lowest BCUT2D eigenvalue weighted by atomic mass is 10.0. The van der Waals surface area contributed by atoms with Crippen molar-refractivity contribution in [3.05, 3.63) is 41.5 Å². The van der Waals surface area contributed by atoms with Crippen LogP contribution in [0.1, 0.15) is 37.8 Å². The van der Waals surface area contributed by atoms with Crippen molar-refractivity contribution in [2.24, 2.45) is 0 Å². The van der Waals surface area contributed by atoms with E-state index < -0.39 is 17.9 Å². The highest BCUT2D eigenvalue weighted by molar-refractivity contribution is 5.94. The van der Waals surface area contributed by atoms with Crippen LogP contribution in [0.4, 0.5) is 0 Å². The highest BCUT2D eigenvalue weighted by atomic mass is 16.4. The van der Waals surface area contributed by atoms with Crippen molar-refractivity contribution in [1.29, 1.82) is 0 Å². The van der Waals surface area contributed by atoms with Gasteiger partial charge in [-0.3, -0.25) is 9.59 Å². The van der Waals surface area contributed by atoms with Gasteiger partial charge in [-0.15, -0.1) is 0 Å². The summed E-state index contributed by atoms with van der Waals surface area (Å²) in [5, 5.41) is 11.0. The first kappa shape index (κ1) is 15.0. The lowest BCUT2D eigenvalue weighted by molar-refractivity contribution is -0.140. The van der Waals surface area contributed by atoms with Crippen LogP contribution in [0.5, 0.6) is 0 Å². The van der Waals surface area contributed by atoms with Gasteiger partial charge in [0, 0.05) is 6.08 Å². The number of nitrogens with one attached hydrogen (secondary N) is 1. The Bertz CT molecular complexity index is 475. The van der Waals surface area contributed by atoms with Crippen LogP contribution in [0.15, 0.2) is 30.3 Å². The third-order valence-electron chi connectivity index (χ3n) is 2.76. The van der Waals surface area contributed by atoms with Crippen LogP contribution < -0.4 is 5.32 Å². The maximum atomic E-state index is 11.4. The Hall–Kier alpha value is -2.10. The van der Waals surface area contributed by atoms with Crippen molar-refractivity contribution in [2.45, 2.75) is 32.7 Å². The SMILES string of the molecule is CC(C)c1ccc(C=CC(=O)N[C@H](C)C(=O)O)cc1. The van der Waals surface area contributed by atoms with E-state index in [1.165, 1.54) is 18.6 Å². The number of aliphatic carboxylic acids is 1. The lowest BCUT2D eigenvalue weighted by Crippen LogP contribution is -2.37. The predicted octanol–water partition coefficient (Wildman–Crippen LogP) is 2.41. The molecule has 0 fully saturated rings. The van der Waals surface area contributed by atoms with Gasteiger partial charge in [0.05, 0.1) is 0 Å². The fourth-order valence-electron chi connectivity index (χ4n) is 1.49. The average molecular weight is 261 g/mol. The van der Waals surface area contributed by atoms with Gasteiger partial charge in [0.2, 0.25) is 5.91 Å². The Balaban J connectivity index is 2.61. The van der Waals surface area contributed by atoms with Crippen LogP contribution in [-0.2, 0) is 9.59 Å². The number of benzene rings is 1. The molecule has 1 atom stereocenters. The van der Waals surface area contributed by atoms with Crippen molar-refractivity contribution in [1.82, 2.24) is 5.32 Å². The molecular formula is C15H19NO3. The number of carbonyl (C=O) groups is 2. The van der Waals surface area contributed by atoms with Gasteiger partial charge < -0.3 is 10.4 Å². The van der Waals surface area contributed by atoms with Crippen LogP contribution >= 0.6 is 0 Å². The van der Waals surface area contributed by atoms with Crippen molar-refractivity contribution >= 4 is 18.0 Å². The van der Waals surface area contributed by atoms with E-state index in [0.29, 0.717) is 5.92 Å². The first-order valence-electron chi connectivity index (χ1n) is 6.21. The summed E-state index contributed by atoms with van der Waals surface area (Å²) in [6.45, 7) is 5.66. The molecule has 2 N–H and O–H groups in total. The fraction of sp³-hybridized carbons (Fsp3) is 0.333. The molecule has 0 aliphatic rings. The van der Waals surface area contributed by atoms with Crippen LogP contribution in [-0.4, -0.2) is 23.0 Å². The van der Waals surface area contributed by atoms with Gasteiger partial charge in [-0.05, 0) is 30.0 Å². The molecule has 0 aliphatic carbocycles. The van der Waals surface area contributed by atoms with Crippen molar-refractivity contribution in [3.8, 4) is 0 Å². The first-order chi connectivity index (χ1) is 8.90. The van der Waals surface area contributed by atoms with E-state index in [2.05, 4.69) is 19.2 Å². The first-order valence-corrected chi connectivity index (χ1v) is 6.21. The summed E-state index contributed by atoms with van der Waals surface area (Å²) in [5.74, 6) is -0.997. The van der Waals surface area contributed by atoms with E-state index in [9.17, 15) is 9.59 Å². The van der Waals surface area contributed by atoms with Gasteiger partial charge >= 0.3 is 5.97 Å². The maximum Gasteiger partial charge on any atom is 0.325 e. The molecular weight excluding hydrogens is 242 g/mol. The summed E-state index contributed by atoms with van der Waals surface area (Å²) in [5.41, 5.74) is 2.14. The summed E-state index contributed by atoms with van der Waals surface area (Å²) < 4.78 is 0. The quantitative estimate of drug-likeness (QED) is 0.800. The molecule has 4 nitrogen and oxygen atoms in total. The van der Waals surface area contributed by atoms with Gasteiger partial charge in [0.1, 0.15) is 6.04 Å². The Morgan fingerprint density at radius 2 is 1.74 bits per heavy atom. The van der Waals surface area contributed by atoms with Crippen LogP contribution in [0, 0.1) is 0 Å². The molecule has 4 heteroatoms. The number of hydrogen-bond acceptors (Lipinski definition) is 2. The van der Waals surface area contributed by atoms with Gasteiger partial charge in [0.25, 0.3) is 0 Å². The average Bonchev–Trinajstić information content (AvgIpc) is 2.36. The Kier molecular flexibility index (Phi) is 5.30. The van der Waals surface area contributed by atoms with Gasteiger partial charge in [-0.1, -0.05) is 38.1 Å². The smallest absolute Gasteiger partial charge is 0.325 e. The topological polar surface area (TPSA) is 66.4 Å². The minimum Gasteiger partial charge on any atom is -0.480 e. The van der Waals surface area contributed by atoms with Crippen LogP contribution in [0.25, 0.3) is 6.08 Å². The van der Waals surface area contributed by atoms with Crippen molar-refractivity contribution < 1.29 is 14.7 Å². The summed E-state index contributed by atoms with van der Waals surface area (Å²) >= 11 is 0. The molecule has 0 aromatic heterocycles. The van der Waals surface area contributed by atoms with E-state index >= 15 is 0 Å². The molecule has 0 heterocycles. The number of rotatable bonds is 5. The summed E-state index contributed by atoms with van der Waals surface area (Å²) in [7, 11) is 0. The number of hydrogen-bond donors (Lipinski definition) is 2. The largest absolute Gasteiger partial charge is 0.480 e. The zero-order valence-corrected chi connectivity index (χ0v) is 11.4. The molecule has 0 saturated heterocycles. The van der Waals surface area contributed by atoms with E-state index in [0.717, 1.165) is 5.56 Å².